The van der Waals surface area contributed by atoms with Gasteiger partial charge in [-0.15, -0.1) is 0 Å². The molecule has 0 bridgehead atoms. The summed E-state index contributed by atoms with van der Waals surface area (Å²) < 4.78 is 80.7. The maximum absolute atomic E-state index is 15.9. The highest BCUT2D eigenvalue weighted by atomic mass is 32.2. The molecule has 2 unspecified atom stereocenters. The molecule has 0 amide bonds. The van der Waals surface area contributed by atoms with Gasteiger partial charge in [0.2, 0.25) is 5.78 Å². The van der Waals surface area contributed by atoms with Gasteiger partial charge in [-0.2, -0.15) is 0 Å². The van der Waals surface area contributed by atoms with E-state index in [-0.39, 0.29) is 42.6 Å². The molecule has 5 heterocycles. The number of hydrogen-bond acceptors (Lipinski definition) is 11. The zero-order valence-corrected chi connectivity index (χ0v) is 32.0. The number of pyridine rings is 1. The van der Waals surface area contributed by atoms with Crippen LogP contribution in [-0.2, 0) is 16.1 Å². The molecule has 7 rings (SSSR count). The Bertz CT molecular complexity index is 2260. The predicted octanol–water partition coefficient (Wildman–Crippen LogP) is 5.70. The number of ether oxygens (including phenoxy) is 1. The number of hydrazine groups is 1. The average Bonchev–Trinajstić information content (AvgIpc) is 3.94. The van der Waals surface area contributed by atoms with E-state index >= 15 is 8.78 Å². The number of hydrogen-bond donors (Lipinski definition) is 2. The lowest BCUT2D eigenvalue weighted by molar-refractivity contribution is -0.140. The summed E-state index contributed by atoms with van der Waals surface area (Å²) in [4.78, 5) is 37.3. The van der Waals surface area contributed by atoms with E-state index in [1.54, 1.807) is 18.3 Å². The number of aromatic amines is 1. The molecule has 2 N–H and O–H groups in total. The van der Waals surface area contributed by atoms with Gasteiger partial charge in [0.1, 0.15) is 29.2 Å². The summed E-state index contributed by atoms with van der Waals surface area (Å²) in [6.07, 6.45) is 2.41. The Morgan fingerprint density at radius 2 is 1.84 bits per heavy atom. The standard InChI is InChI=1S/C39H42F3N7O7S/c1-23(2)34(39(51)52)32-19-33(45-56-32)55-17-3-11-46-13-15-47(16-14-46)27-6-4-24(5-7-27)25-18-28-29(21-44-38(28)43-20-25)37(50)35-30(41)8-9-31(36(35)42)49(57(53)54)48-12-10-26(40)22-48/h4-9,18-21,23,26,34H,3,10-17,22H2,1-2H3,(H,43,44)(H,51,52)(H,53,54)/p-1/t26-,34?/m1/s1. The summed E-state index contributed by atoms with van der Waals surface area (Å²) in [6.45, 7) is 7.88. The fourth-order valence-corrected chi connectivity index (χ4v) is 7.99. The summed E-state index contributed by atoms with van der Waals surface area (Å²) >= 11 is -3.07. The second-order valence-electron chi connectivity index (χ2n) is 14.4. The molecule has 2 aliphatic rings. The number of fused-ring (bicyclic) bond motifs is 1. The Labute approximate surface area is 328 Å². The summed E-state index contributed by atoms with van der Waals surface area (Å²) in [5, 5.41) is 14.8. The van der Waals surface area contributed by atoms with Crippen molar-refractivity contribution in [2.45, 2.75) is 38.8 Å². The van der Waals surface area contributed by atoms with E-state index in [9.17, 15) is 27.8 Å². The molecule has 57 heavy (non-hydrogen) atoms. The molecule has 5 aromatic rings. The van der Waals surface area contributed by atoms with Crippen LogP contribution in [0.3, 0.4) is 0 Å². The summed E-state index contributed by atoms with van der Waals surface area (Å²) in [5.41, 5.74) is 1.22. The fourth-order valence-electron chi connectivity index (χ4n) is 7.35. The molecule has 18 heteroatoms. The van der Waals surface area contributed by atoms with Crippen LogP contribution in [0.15, 0.2) is 65.4 Å². The van der Waals surface area contributed by atoms with Crippen LogP contribution in [0.25, 0.3) is 22.2 Å². The summed E-state index contributed by atoms with van der Waals surface area (Å²) in [6, 6.07) is 12.8. The van der Waals surface area contributed by atoms with E-state index in [2.05, 4.69) is 24.9 Å². The lowest BCUT2D eigenvalue weighted by atomic mass is 9.94. The van der Waals surface area contributed by atoms with Crippen molar-refractivity contribution >= 4 is 45.4 Å². The molecular formula is C39H41F3N7O7S-. The average molecular weight is 809 g/mol. The molecule has 0 radical (unpaired) electrons. The van der Waals surface area contributed by atoms with E-state index in [1.165, 1.54) is 6.20 Å². The zero-order valence-electron chi connectivity index (χ0n) is 31.2. The van der Waals surface area contributed by atoms with Gasteiger partial charge in [0.05, 0.1) is 30.0 Å². The number of ketones is 1. The maximum atomic E-state index is 15.9. The zero-order chi connectivity index (χ0) is 40.4. The van der Waals surface area contributed by atoms with Crippen molar-refractivity contribution in [3.05, 3.63) is 89.4 Å². The number of carbonyl (C=O) groups is 2. The first-order chi connectivity index (χ1) is 27.4. The minimum absolute atomic E-state index is 0.00572. The van der Waals surface area contributed by atoms with Gasteiger partial charge in [0, 0.05) is 79.9 Å². The number of benzene rings is 2. The minimum atomic E-state index is -3.07. The van der Waals surface area contributed by atoms with Crippen LogP contribution < -0.4 is 14.1 Å². The van der Waals surface area contributed by atoms with Gasteiger partial charge in [0.25, 0.3) is 5.88 Å². The number of piperazine rings is 1. The number of carboxylic acid groups (broad SMARTS) is 1. The van der Waals surface area contributed by atoms with Crippen LogP contribution in [0.1, 0.15) is 54.3 Å². The Hall–Kier alpha value is -5.30. The first-order valence-electron chi connectivity index (χ1n) is 18.6. The van der Waals surface area contributed by atoms with E-state index in [1.807, 2.05) is 38.1 Å². The minimum Gasteiger partial charge on any atom is -0.754 e. The number of carbonyl (C=O) groups excluding carboxylic acids is 1. The number of aliphatic carboxylic acids is 1. The van der Waals surface area contributed by atoms with Crippen molar-refractivity contribution in [2.24, 2.45) is 5.92 Å². The van der Waals surface area contributed by atoms with Crippen molar-refractivity contribution in [2.75, 3.05) is 61.7 Å². The van der Waals surface area contributed by atoms with E-state index in [0.29, 0.717) is 27.6 Å². The molecule has 0 saturated carbocycles. The van der Waals surface area contributed by atoms with Crippen molar-refractivity contribution in [1.29, 1.82) is 0 Å². The van der Waals surface area contributed by atoms with E-state index < -0.39 is 58.0 Å². The Kier molecular flexibility index (Phi) is 11.9. The summed E-state index contributed by atoms with van der Waals surface area (Å²) in [5.74, 6) is -4.93. The topological polar surface area (TPSA) is 171 Å². The number of carboxylic acids is 1. The maximum Gasteiger partial charge on any atom is 0.314 e. The van der Waals surface area contributed by atoms with Crippen LogP contribution in [0, 0.1) is 17.6 Å². The first-order valence-corrected chi connectivity index (χ1v) is 19.6. The molecule has 14 nitrogen and oxygen atoms in total. The quantitative estimate of drug-likeness (QED) is 0.0753. The van der Waals surface area contributed by atoms with Crippen LogP contribution in [-0.4, -0.2) is 109 Å². The number of halogens is 3. The molecule has 2 aliphatic heterocycles. The Morgan fingerprint density at radius 1 is 1.09 bits per heavy atom. The van der Waals surface area contributed by atoms with E-state index in [4.69, 9.17) is 9.26 Å². The molecule has 0 spiro atoms. The van der Waals surface area contributed by atoms with Gasteiger partial charge in [-0.1, -0.05) is 26.0 Å². The lowest BCUT2D eigenvalue weighted by Crippen LogP contribution is -2.46. The van der Waals surface area contributed by atoms with Crippen LogP contribution >= 0.6 is 0 Å². The highest BCUT2D eigenvalue weighted by Gasteiger charge is 2.33. The molecule has 2 aromatic carbocycles. The SMILES string of the molecule is CC(C)C(C(=O)O)c1cc(OCCCN2CCN(c3ccc(-c4cnc5[nH]cc(C(=O)c6c(F)ccc(N(N7CC[C@@H](F)C7)S(=O)[O-])c6F)c5c4)cc3)CC2)no1. The van der Waals surface area contributed by atoms with Crippen LogP contribution in [0.5, 0.6) is 5.88 Å². The van der Waals surface area contributed by atoms with Crippen LogP contribution in [0.4, 0.5) is 24.5 Å². The second kappa shape index (κ2) is 17.1. The molecule has 2 saturated heterocycles. The third-order valence-corrected chi connectivity index (χ3v) is 11.0. The fraction of sp³-hybridized carbons (Fsp3) is 0.385. The number of H-pyrrole nitrogens is 1. The Balaban J connectivity index is 0.970. The number of anilines is 2. The second-order valence-corrected chi connectivity index (χ2v) is 15.2. The van der Waals surface area contributed by atoms with Gasteiger partial charge in [0.15, 0.2) is 11.6 Å². The first kappa shape index (κ1) is 39.9. The number of nitrogens with zero attached hydrogens (tertiary/aromatic N) is 6. The van der Waals surface area contributed by atoms with Gasteiger partial charge in [-0.3, -0.25) is 18.7 Å². The highest BCUT2D eigenvalue weighted by Crippen LogP contribution is 2.33. The lowest BCUT2D eigenvalue weighted by Gasteiger charge is -2.36. The van der Waals surface area contributed by atoms with Gasteiger partial charge in [-0.25, -0.2) is 27.6 Å². The van der Waals surface area contributed by atoms with E-state index in [0.717, 1.165) is 67.5 Å². The van der Waals surface area contributed by atoms with Gasteiger partial charge < -0.3 is 28.8 Å². The number of rotatable bonds is 15. The number of alkyl halides is 1. The molecule has 302 valence electrons. The van der Waals surface area contributed by atoms with Crippen molar-refractivity contribution < 1.29 is 45.9 Å². The number of nitrogens with one attached hydrogen (secondary N) is 1. The third kappa shape index (κ3) is 8.53. The monoisotopic (exact) mass is 808 g/mol. The van der Waals surface area contributed by atoms with Crippen molar-refractivity contribution in [3.8, 4) is 17.0 Å². The molecule has 2 fully saturated rings. The molecular weight excluding hydrogens is 768 g/mol. The third-order valence-electron chi connectivity index (χ3n) is 10.3. The number of aromatic nitrogens is 3. The Morgan fingerprint density at radius 3 is 2.51 bits per heavy atom. The van der Waals surface area contributed by atoms with Gasteiger partial charge >= 0.3 is 5.97 Å². The van der Waals surface area contributed by atoms with Crippen molar-refractivity contribution in [1.82, 2.24) is 25.0 Å². The molecule has 3 atom stereocenters. The molecule has 0 aliphatic carbocycles. The normalized spacial score (nSPS) is 17.7. The molecule has 3 aromatic heterocycles. The van der Waals surface area contributed by atoms with Crippen molar-refractivity contribution in [3.63, 3.8) is 0 Å². The highest BCUT2D eigenvalue weighted by molar-refractivity contribution is 7.80. The van der Waals surface area contributed by atoms with Crippen LogP contribution in [0.2, 0.25) is 0 Å². The smallest absolute Gasteiger partial charge is 0.314 e. The predicted molar refractivity (Wildman–Crippen MR) is 204 cm³/mol. The van der Waals surface area contributed by atoms with Gasteiger partial charge in [-0.05, 0) is 59.8 Å². The largest absolute Gasteiger partial charge is 0.754 e. The summed E-state index contributed by atoms with van der Waals surface area (Å²) in [7, 11) is 0.